The van der Waals surface area contributed by atoms with Crippen LogP contribution in [0.25, 0.3) is 16.7 Å². The van der Waals surface area contributed by atoms with Crippen LogP contribution >= 0.6 is 0 Å². The first-order valence-corrected chi connectivity index (χ1v) is 10.2. The lowest BCUT2D eigenvalue weighted by atomic mass is 10.0. The van der Waals surface area contributed by atoms with Crippen LogP contribution in [0.5, 0.6) is 0 Å². The second-order valence-electron chi connectivity index (χ2n) is 8.03. The van der Waals surface area contributed by atoms with Gasteiger partial charge in [-0.15, -0.1) is 5.10 Å². The van der Waals surface area contributed by atoms with Crippen molar-refractivity contribution >= 4 is 16.9 Å². The van der Waals surface area contributed by atoms with Gasteiger partial charge in [-0.1, -0.05) is 26.0 Å². The summed E-state index contributed by atoms with van der Waals surface area (Å²) in [6.45, 7) is 8.20. The van der Waals surface area contributed by atoms with E-state index in [2.05, 4.69) is 39.3 Å². The Morgan fingerprint density at radius 3 is 2.55 bits per heavy atom. The Morgan fingerprint density at radius 1 is 1.10 bits per heavy atom. The fourth-order valence-corrected chi connectivity index (χ4v) is 3.74. The molecule has 4 rings (SSSR count). The molecular formula is C22H24FN7O. The van der Waals surface area contributed by atoms with Gasteiger partial charge in [0.15, 0.2) is 0 Å². The number of halogens is 1. The maximum Gasteiger partial charge on any atom is 0.254 e. The molecule has 2 aromatic carbocycles. The van der Waals surface area contributed by atoms with Gasteiger partial charge in [-0.25, -0.2) is 9.37 Å². The van der Waals surface area contributed by atoms with Crippen LogP contribution in [0.15, 0.2) is 48.8 Å². The summed E-state index contributed by atoms with van der Waals surface area (Å²) >= 11 is 0. The van der Waals surface area contributed by atoms with E-state index in [9.17, 15) is 9.18 Å². The van der Waals surface area contributed by atoms with E-state index < -0.39 is 11.7 Å². The fourth-order valence-electron chi connectivity index (χ4n) is 3.74. The van der Waals surface area contributed by atoms with Crippen molar-refractivity contribution in [3.63, 3.8) is 0 Å². The minimum Gasteiger partial charge on any atom is -0.342 e. The van der Waals surface area contributed by atoms with Crippen molar-refractivity contribution in [1.82, 2.24) is 35.1 Å². The monoisotopic (exact) mass is 421 g/mol. The number of nitrogens with one attached hydrogen (secondary N) is 1. The molecule has 0 aliphatic rings. The fraction of sp³-hybridized carbons (Fsp3) is 0.318. The normalized spacial score (nSPS) is 12.6. The lowest BCUT2D eigenvalue weighted by Gasteiger charge is -2.25. The zero-order valence-corrected chi connectivity index (χ0v) is 17.8. The zero-order valence-electron chi connectivity index (χ0n) is 17.8. The third kappa shape index (κ3) is 3.90. The maximum atomic E-state index is 14.0. The van der Waals surface area contributed by atoms with Crippen molar-refractivity contribution in [2.45, 2.75) is 39.8 Å². The standard InChI is InChI=1S/C22H24FN7O/c1-13(2)20(21-25-17-7-5-6-8-19(17)30(21)14(3)4)26-22(31)16-11-15(23)9-10-18(16)29-12-24-27-28-29/h5-14,20H,1-4H3,(H,26,31)/t20-/m0/s1. The van der Waals surface area contributed by atoms with Crippen molar-refractivity contribution < 1.29 is 9.18 Å². The Bertz CT molecular complexity index is 1210. The number of nitrogens with zero attached hydrogens (tertiary/aromatic N) is 6. The van der Waals surface area contributed by atoms with Crippen LogP contribution in [0.1, 0.15) is 56.0 Å². The number of carbonyl (C=O) groups excluding carboxylic acids is 1. The van der Waals surface area contributed by atoms with E-state index in [1.807, 2.05) is 38.1 Å². The predicted molar refractivity (Wildman–Crippen MR) is 114 cm³/mol. The Labute approximate surface area is 179 Å². The molecular weight excluding hydrogens is 397 g/mol. The molecule has 1 atom stereocenters. The molecule has 0 saturated heterocycles. The summed E-state index contributed by atoms with van der Waals surface area (Å²) < 4.78 is 17.5. The van der Waals surface area contributed by atoms with E-state index >= 15 is 0 Å². The quantitative estimate of drug-likeness (QED) is 0.511. The van der Waals surface area contributed by atoms with Gasteiger partial charge < -0.3 is 9.88 Å². The number of fused-ring (bicyclic) bond motifs is 1. The van der Waals surface area contributed by atoms with Gasteiger partial charge in [0.2, 0.25) is 0 Å². The number of rotatable bonds is 6. The maximum absolute atomic E-state index is 14.0. The molecule has 160 valence electrons. The highest BCUT2D eigenvalue weighted by molar-refractivity contribution is 5.98. The number of imidazole rings is 1. The van der Waals surface area contributed by atoms with Gasteiger partial charge in [0.1, 0.15) is 18.0 Å². The summed E-state index contributed by atoms with van der Waals surface area (Å²) in [5.41, 5.74) is 2.41. The number of benzene rings is 2. The molecule has 8 nitrogen and oxygen atoms in total. The number of para-hydroxylation sites is 2. The van der Waals surface area contributed by atoms with Crippen molar-refractivity contribution in [3.8, 4) is 5.69 Å². The second-order valence-corrected chi connectivity index (χ2v) is 8.03. The molecule has 1 amide bonds. The number of carbonyl (C=O) groups is 1. The van der Waals surface area contributed by atoms with Gasteiger partial charge in [0.25, 0.3) is 5.91 Å². The molecule has 0 spiro atoms. The highest BCUT2D eigenvalue weighted by Gasteiger charge is 2.27. The average molecular weight is 421 g/mol. The molecule has 0 fully saturated rings. The number of amides is 1. The average Bonchev–Trinajstić information content (AvgIpc) is 3.39. The van der Waals surface area contributed by atoms with Gasteiger partial charge in [-0.2, -0.15) is 4.68 Å². The molecule has 0 aliphatic heterocycles. The van der Waals surface area contributed by atoms with Crippen molar-refractivity contribution in [1.29, 1.82) is 0 Å². The molecule has 4 aromatic rings. The molecule has 0 unspecified atom stereocenters. The molecule has 2 heterocycles. The van der Waals surface area contributed by atoms with Crippen molar-refractivity contribution in [3.05, 3.63) is 66.0 Å². The van der Waals surface area contributed by atoms with Crippen LogP contribution in [-0.4, -0.2) is 35.7 Å². The summed E-state index contributed by atoms with van der Waals surface area (Å²) in [5, 5.41) is 14.1. The largest absolute Gasteiger partial charge is 0.342 e. The molecule has 2 aromatic heterocycles. The summed E-state index contributed by atoms with van der Waals surface area (Å²) in [5.74, 6) is -0.133. The van der Waals surface area contributed by atoms with E-state index in [0.717, 1.165) is 16.9 Å². The second kappa shape index (κ2) is 8.25. The topological polar surface area (TPSA) is 90.5 Å². The first-order valence-electron chi connectivity index (χ1n) is 10.2. The summed E-state index contributed by atoms with van der Waals surface area (Å²) in [6, 6.07) is 11.6. The van der Waals surface area contributed by atoms with Crippen LogP contribution in [0.3, 0.4) is 0 Å². The van der Waals surface area contributed by atoms with E-state index in [1.54, 1.807) is 0 Å². The molecule has 0 bridgehead atoms. The van der Waals surface area contributed by atoms with Crippen LogP contribution in [0, 0.1) is 11.7 Å². The third-order valence-corrected chi connectivity index (χ3v) is 5.17. The summed E-state index contributed by atoms with van der Waals surface area (Å²) in [7, 11) is 0. The zero-order chi connectivity index (χ0) is 22.1. The molecule has 31 heavy (non-hydrogen) atoms. The van der Waals surface area contributed by atoms with Gasteiger partial charge in [0, 0.05) is 6.04 Å². The molecule has 0 radical (unpaired) electrons. The van der Waals surface area contributed by atoms with Crippen molar-refractivity contribution in [2.75, 3.05) is 0 Å². The predicted octanol–water partition coefficient (Wildman–Crippen LogP) is 3.86. The van der Waals surface area contributed by atoms with E-state index in [0.29, 0.717) is 5.69 Å². The van der Waals surface area contributed by atoms with Crippen LogP contribution < -0.4 is 5.32 Å². The Morgan fingerprint density at radius 2 is 1.87 bits per heavy atom. The Kier molecular flexibility index (Phi) is 5.50. The minimum absolute atomic E-state index is 0.0447. The molecule has 9 heteroatoms. The number of aromatic nitrogens is 6. The Balaban J connectivity index is 1.76. The molecule has 0 aliphatic carbocycles. The lowest BCUT2D eigenvalue weighted by molar-refractivity contribution is 0.0921. The third-order valence-electron chi connectivity index (χ3n) is 5.17. The van der Waals surface area contributed by atoms with Gasteiger partial charge >= 0.3 is 0 Å². The SMILES string of the molecule is CC(C)[C@H](NC(=O)c1cc(F)ccc1-n1cnnn1)c1nc2ccccc2n1C(C)C. The molecule has 1 N–H and O–H groups in total. The minimum atomic E-state index is -0.516. The van der Waals surface area contributed by atoms with E-state index in [4.69, 9.17) is 4.98 Å². The first kappa shape index (κ1) is 20.6. The van der Waals surface area contributed by atoms with Gasteiger partial charge in [-0.05, 0) is 60.5 Å². The number of hydrogen-bond acceptors (Lipinski definition) is 5. The van der Waals surface area contributed by atoms with E-state index in [1.165, 1.54) is 29.2 Å². The summed E-state index contributed by atoms with van der Waals surface area (Å²) in [6.07, 6.45) is 1.36. The smallest absolute Gasteiger partial charge is 0.254 e. The molecule has 0 saturated carbocycles. The van der Waals surface area contributed by atoms with Crippen LogP contribution in [0.4, 0.5) is 4.39 Å². The van der Waals surface area contributed by atoms with Gasteiger partial charge in [-0.3, -0.25) is 4.79 Å². The summed E-state index contributed by atoms with van der Waals surface area (Å²) in [4.78, 5) is 18.1. The highest BCUT2D eigenvalue weighted by atomic mass is 19.1. The first-order chi connectivity index (χ1) is 14.9. The Hall–Kier alpha value is -3.62. The van der Waals surface area contributed by atoms with Gasteiger partial charge in [0.05, 0.1) is 28.3 Å². The van der Waals surface area contributed by atoms with Crippen molar-refractivity contribution in [2.24, 2.45) is 5.92 Å². The highest BCUT2D eigenvalue weighted by Crippen LogP contribution is 2.29. The van der Waals surface area contributed by atoms with Crippen LogP contribution in [-0.2, 0) is 0 Å². The lowest BCUT2D eigenvalue weighted by Crippen LogP contribution is -2.34. The van der Waals surface area contributed by atoms with Crippen LogP contribution in [0.2, 0.25) is 0 Å². The number of hydrogen-bond donors (Lipinski definition) is 1. The number of tetrazole rings is 1. The van der Waals surface area contributed by atoms with E-state index in [-0.39, 0.29) is 23.6 Å².